The fourth-order valence-corrected chi connectivity index (χ4v) is 8.28. The third kappa shape index (κ3) is 8.31. The largest absolute Gasteiger partial charge is 0.493 e. The molecule has 1 saturated heterocycles. The van der Waals surface area contributed by atoms with Crippen molar-refractivity contribution in [3.05, 3.63) is 119 Å². The Morgan fingerprint density at radius 1 is 0.951 bits per heavy atom. The first kappa shape index (κ1) is 40.8. The molecular formula is C45H45N9O6S. The molecule has 6 aromatic rings. The summed E-state index contributed by atoms with van der Waals surface area (Å²) in [7, 11) is 5.14. The Balaban J connectivity index is 0.830. The molecule has 61 heavy (non-hydrogen) atoms. The van der Waals surface area contributed by atoms with E-state index in [4.69, 9.17) is 4.74 Å². The van der Waals surface area contributed by atoms with E-state index < -0.39 is 5.91 Å². The maximum atomic E-state index is 13.5. The van der Waals surface area contributed by atoms with Crippen molar-refractivity contribution in [1.82, 2.24) is 28.2 Å². The lowest BCUT2D eigenvalue weighted by Gasteiger charge is -2.20. The van der Waals surface area contributed by atoms with Gasteiger partial charge in [0.15, 0.2) is 11.6 Å². The lowest BCUT2D eigenvalue weighted by Crippen LogP contribution is -2.35. The van der Waals surface area contributed by atoms with E-state index >= 15 is 0 Å². The van der Waals surface area contributed by atoms with E-state index in [1.807, 2.05) is 37.4 Å². The highest BCUT2D eigenvalue weighted by atomic mass is 32.2. The van der Waals surface area contributed by atoms with Gasteiger partial charge < -0.3 is 34.0 Å². The second-order valence-electron chi connectivity index (χ2n) is 15.5. The van der Waals surface area contributed by atoms with E-state index in [-0.39, 0.29) is 60.6 Å². The lowest BCUT2D eigenvalue weighted by atomic mass is 10.1. The van der Waals surface area contributed by atoms with E-state index in [0.29, 0.717) is 59.0 Å². The number of hydrogen-bond acceptors (Lipinski definition) is 9. The van der Waals surface area contributed by atoms with Crippen LogP contribution in [0.5, 0.6) is 5.75 Å². The number of nitrogens with one attached hydrogen (secondary N) is 2. The Hall–Kier alpha value is -6.94. The summed E-state index contributed by atoms with van der Waals surface area (Å²) >= 11 is 1.63. The number of imidazole rings is 1. The van der Waals surface area contributed by atoms with E-state index in [9.17, 15) is 24.0 Å². The van der Waals surface area contributed by atoms with Crippen LogP contribution < -0.4 is 15.4 Å². The van der Waals surface area contributed by atoms with Gasteiger partial charge in [0.1, 0.15) is 17.1 Å². The number of aliphatic imine (C=N–C) groups is 1. The zero-order valence-electron chi connectivity index (χ0n) is 34.5. The van der Waals surface area contributed by atoms with Crippen LogP contribution in [-0.2, 0) is 32.4 Å². The Bertz CT molecular complexity index is 2820. The molecule has 16 heteroatoms. The highest BCUT2D eigenvalue weighted by molar-refractivity contribution is 7.98. The molecule has 2 N–H and O–H groups in total. The molecule has 1 atom stereocenters. The van der Waals surface area contributed by atoms with Gasteiger partial charge in [0.25, 0.3) is 17.7 Å². The SMILES string of the molecule is C=C1C[C@H]2C=Nc3cc(OCCCC(=O)Nc4cn(C)c(C(=O)Cc5cc(C(=O)Nc6cc(C(=O)n7ccc8cc(SC)ccc87)n(C)c6)n(C)c5)n4)c(C)cc3C(=O)N2C1. The molecule has 312 valence electrons. The number of carbonyl (C=O) groups is 5. The van der Waals surface area contributed by atoms with Gasteiger partial charge >= 0.3 is 0 Å². The first-order chi connectivity index (χ1) is 29.3. The number of benzene rings is 2. The molecule has 0 saturated carbocycles. The number of thioether (sulfide) groups is 1. The molecule has 8 rings (SSSR count). The maximum Gasteiger partial charge on any atom is 0.279 e. The average molecular weight is 840 g/mol. The first-order valence-corrected chi connectivity index (χ1v) is 21.0. The number of Topliss-reactive ketones (excluding diaryl/α,β-unsaturated/α-hetero) is 1. The highest BCUT2D eigenvalue weighted by Gasteiger charge is 2.34. The number of nitrogens with zero attached hydrogens (tertiary/aromatic N) is 7. The first-order valence-electron chi connectivity index (χ1n) is 19.7. The Kier molecular flexibility index (Phi) is 11.1. The summed E-state index contributed by atoms with van der Waals surface area (Å²) in [6, 6.07) is 14.6. The van der Waals surface area contributed by atoms with Crippen LogP contribution in [0.25, 0.3) is 10.9 Å². The summed E-state index contributed by atoms with van der Waals surface area (Å²) in [6.45, 7) is 6.69. The highest BCUT2D eigenvalue weighted by Crippen LogP contribution is 2.35. The van der Waals surface area contributed by atoms with E-state index in [1.54, 1.807) is 111 Å². The van der Waals surface area contributed by atoms with E-state index in [2.05, 4.69) is 27.2 Å². The van der Waals surface area contributed by atoms with Gasteiger partial charge in [-0.05, 0) is 79.6 Å². The van der Waals surface area contributed by atoms with Crippen molar-refractivity contribution < 1.29 is 28.7 Å². The molecule has 2 aliphatic rings. The molecule has 0 spiro atoms. The van der Waals surface area contributed by atoms with Crippen molar-refractivity contribution in [3.63, 3.8) is 0 Å². The van der Waals surface area contributed by atoms with Crippen molar-refractivity contribution in [1.29, 1.82) is 0 Å². The van der Waals surface area contributed by atoms with Gasteiger partial charge in [-0.3, -0.25) is 33.5 Å². The lowest BCUT2D eigenvalue weighted by molar-refractivity contribution is -0.116. The number of hydrogen-bond donors (Lipinski definition) is 2. The second kappa shape index (κ2) is 16.6. The molecule has 15 nitrogen and oxygen atoms in total. The maximum absolute atomic E-state index is 13.5. The van der Waals surface area contributed by atoms with Gasteiger partial charge in [0, 0.05) is 87.9 Å². The smallest absolute Gasteiger partial charge is 0.279 e. The van der Waals surface area contributed by atoms with Crippen LogP contribution in [0.2, 0.25) is 0 Å². The summed E-state index contributed by atoms with van der Waals surface area (Å²) in [4.78, 5) is 78.3. The van der Waals surface area contributed by atoms with Gasteiger partial charge in [-0.2, -0.15) is 0 Å². The number of carbonyl (C=O) groups excluding carboxylic acids is 5. The monoisotopic (exact) mass is 839 g/mol. The van der Waals surface area contributed by atoms with Crippen molar-refractivity contribution in [2.45, 2.75) is 43.5 Å². The number of fused-ring (bicyclic) bond motifs is 3. The summed E-state index contributed by atoms with van der Waals surface area (Å²) in [5.41, 5.74) is 5.47. The molecule has 0 bridgehead atoms. The average Bonchev–Trinajstić information content (AvgIpc) is 4.05. The van der Waals surface area contributed by atoms with Crippen LogP contribution in [-0.4, -0.2) is 89.2 Å². The summed E-state index contributed by atoms with van der Waals surface area (Å²) in [5, 5.41) is 6.60. The standard InChI is InChI=1S/C45H45N9O6S/c1-26-14-31-21-46-34-20-39(27(2)15-33(34)44(58)54(31)22-26)60-13-7-8-41(56)48-40-25-52(5)42(49-40)38(55)17-28-16-36(50(3)23-28)43(57)47-30-19-37(51(4)24-30)45(59)53-12-11-29-18-32(61-6)9-10-35(29)53/h9-12,15-16,18-21,23-25,31H,1,7-8,13-14,17,22H2,2-6H3,(H,47,57)(H,48,56)/t31-/m0/s1. The third-order valence-corrected chi connectivity index (χ3v) is 11.6. The molecule has 0 unspecified atom stereocenters. The molecule has 0 radical (unpaired) electrons. The predicted molar refractivity (Wildman–Crippen MR) is 235 cm³/mol. The van der Waals surface area contributed by atoms with Crippen molar-refractivity contribution in [2.75, 3.05) is 30.0 Å². The Morgan fingerprint density at radius 3 is 2.56 bits per heavy atom. The predicted octanol–water partition coefficient (Wildman–Crippen LogP) is 6.73. The third-order valence-electron chi connectivity index (χ3n) is 10.9. The molecule has 3 amide bonds. The van der Waals surface area contributed by atoms with Crippen molar-refractivity contribution >= 4 is 75.5 Å². The van der Waals surface area contributed by atoms with Crippen LogP contribution >= 0.6 is 11.8 Å². The quantitative estimate of drug-likeness (QED) is 0.0559. The molecule has 2 aromatic carbocycles. The Labute approximate surface area is 356 Å². The topological polar surface area (TPSA) is 167 Å². The Morgan fingerprint density at radius 2 is 1.75 bits per heavy atom. The number of ether oxygens (including phenoxy) is 1. The molecule has 0 aliphatic carbocycles. The summed E-state index contributed by atoms with van der Waals surface area (Å²) in [6.07, 6.45) is 11.8. The molecular weight excluding hydrogens is 795 g/mol. The fraction of sp³-hybridized carbons (Fsp3) is 0.267. The van der Waals surface area contributed by atoms with Crippen LogP contribution in [0.15, 0.2) is 95.4 Å². The van der Waals surface area contributed by atoms with Gasteiger partial charge in [-0.25, -0.2) is 4.98 Å². The number of anilines is 2. The van der Waals surface area contributed by atoms with Crippen molar-refractivity contribution in [3.8, 4) is 5.75 Å². The second-order valence-corrected chi connectivity index (χ2v) is 16.3. The van der Waals surface area contributed by atoms with Crippen LogP contribution in [0.4, 0.5) is 17.2 Å². The van der Waals surface area contributed by atoms with Crippen molar-refractivity contribution in [2.24, 2.45) is 26.1 Å². The van der Waals surface area contributed by atoms with Gasteiger partial charge in [0.05, 0.1) is 35.1 Å². The van der Waals surface area contributed by atoms with Crippen LogP contribution in [0.3, 0.4) is 0 Å². The van der Waals surface area contributed by atoms with E-state index in [1.165, 1.54) is 0 Å². The normalized spacial score (nSPS) is 14.6. The number of amides is 3. The number of rotatable bonds is 13. The van der Waals surface area contributed by atoms with Gasteiger partial charge in [-0.1, -0.05) is 12.2 Å². The summed E-state index contributed by atoms with van der Waals surface area (Å²) < 4.78 is 12.5. The fourth-order valence-electron chi connectivity index (χ4n) is 7.83. The van der Waals surface area contributed by atoms with E-state index in [0.717, 1.165) is 26.9 Å². The minimum atomic E-state index is -0.402. The molecule has 6 heterocycles. The molecule has 4 aromatic heterocycles. The summed E-state index contributed by atoms with van der Waals surface area (Å²) in [5.74, 6) is -0.287. The molecule has 2 aliphatic heterocycles. The number of aryl methyl sites for hydroxylation is 4. The van der Waals surface area contributed by atoms with Crippen LogP contribution in [0.1, 0.15) is 72.3 Å². The number of aromatic nitrogens is 5. The minimum absolute atomic E-state index is 0.0277. The zero-order valence-corrected chi connectivity index (χ0v) is 35.3. The van der Waals surface area contributed by atoms with Gasteiger partial charge in [0.2, 0.25) is 11.7 Å². The minimum Gasteiger partial charge on any atom is -0.493 e. The number of ketones is 1. The molecule has 1 fully saturated rings. The van der Waals surface area contributed by atoms with Crippen LogP contribution in [0, 0.1) is 6.92 Å². The van der Waals surface area contributed by atoms with Gasteiger partial charge in [-0.15, -0.1) is 11.8 Å². The zero-order chi connectivity index (χ0) is 43.1.